The van der Waals surface area contributed by atoms with Crippen LogP contribution in [0.2, 0.25) is 0 Å². The van der Waals surface area contributed by atoms with Gasteiger partial charge in [0.05, 0.1) is 13.7 Å². The molecule has 24 heavy (non-hydrogen) atoms. The Morgan fingerprint density at radius 2 is 1.92 bits per heavy atom. The highest BCUT2D eigenvalue weighted by Crippen LogP contribution is 2.23. The summed E-state index contributed by atoms with van der Waals surface area (Å²) in [6.45, 7) is 5.92. The van der Waals surface area contributed by atoms with E-state index in [4.69, 9.17) is 4.74 Å². The Bertz CT molecular complexity index is 643. The highest BCUT2D eigenvalue weighted by molar-refractivity contribution is 5.78. The molecule has 0 aliphatic heterocycles. The quantitative estimate of drug-likeness (QED) is 0.808. The minimum Gasteiger partial charge on any atom is -0.497 e. The molecule has 2 aromatic rings. The van der Waals surface area contributed by atoms with Crippen molar-refractivity contribution < 1.29 is 9.53 Å². The van der Waals surface area contributed by atoms with E-state index in [0.717, 1.165) is 23.4 Å². The molecule has 0 spiro atoms. The molecule has 0 aromatic heterocycles. The first-order chi connectivity index (χ1) is 11.6. The number of benzene rings is 2. The Hall–Kier alpha value is -2.33. The molecule has 0 aliphatic carbocycles. The Kier molecular flexibility index (Phi) is 6.82. The van der Waals surface area contributed by atoms with Gasteiger partial charge in [0.1, 0.15) is 5.75 Å². The molecule has 2 aromatic carbocycles. The maximum Gasteiger partial charge on any atom is 0.234 e. The van der Waals surface area contributed by atoms with Crippen molar-refractivity contribution in [2.75, 3.05) is 20.2 Å². The summed E-state index contributed by atoms with van der Waals surface area (Å²) >= 11 is 0. The summed E-state index contributed by atoms with van der Waals surface area (Å²) in [7, 11) is 1.67. The fourth-order valence-electron chi connectivity index (χ4n) is 2.67. The summed E-state index contributed by atoms with van der Waals surface area (Å²) in [6.07, 6.45) is 0. The molecule has 0 fully saturated rings. The van der Waals surface area contributed by atoms with Crippen molar-refractivity contribution in [3.63, 3.8) is 0 Å². The second kappa shape index (κ2) is 9.08. The van der Waals surface area contributed by atoms with Gasteiger partial charge in [0.2, 0.25) is 5.91 Å². The van der Waals surface area contributed by atoms with Gasteiger partial charge in [0, 0.05) is 12.6 Å². The molecule has 1 amide bonds. The van der Waals surface area contributed by atoms with E-state index in [9.17, 15) is 4.79 Å². The molecule has 0 radical (unpaired) electrons. The van der Waals surface area contributed by atoms with E-state index >= 15 is 0 Å². The normalized spacial score (nSPS) is 12.0. The molecule has 4 heteroatoms. The third-order valence-electron chi connectivity index (χ3n) is 4.21. The predicted molar refractivity (Wildman–Crippen MR) is 96.9 cm³/mol. The summed E-state index contributed by atoms with van der Waals surface area (Å²) in [5.74, 6) is 0.874. The van der Waals surface area contributed by atoms with E-state index in [1.807, 2.05) is 48.5 Å². The van der Waals surface area contributed by atoms with Crippen molar-refractivity contribution in [1.82, 2.24) is 10.2 Å². The molecule has 0 heterocycles. The molecule has 0 saturated heterocycles. The highest BCUT2D eigenvalue weighted by Gasteiger charge is 2.17. The van der Waals surface area contributed by atoms with E-state index in [2.05, 4.69) is 30.1 Å². The number of carbonyl (C=O) groups excluding carboxylic acids is 1. The summed E-state index contributed by atoms with van der Waals surface area (Å²) in [5, 5.41) is 2.99. The molecule has 2 rings (SSSR count). The van der Waals surface area contributed by atoms with Gasteiger partial charge >= 0.3 is 0 Å². The molecule has 0 aliphatic rings. The standard InChI is InChI=1S/C20H26N2O2/c1-4-22(16(2)18-11-8-12-19(13-18)24-3)15-20(23)21-14-17-9-6-5-7-10-17/h5-13,16H,4,14-15H2,1-3H3,(H,21,23). The van der Waals surface area contributed by atoms with Crippen LogP contribution in [0.5, 0.6) is 5.75 Å². The van der Waals surface area contributed by atoms with Gasteiger partial charge in [-0.05, 0) is 36.7 Å². The zero-order valence-corrected chi connectivity index (χ0v) is 14.7. The van der Waals surface area contributed by atoms with Gasteiger partial charge in [-0.1, -0.05) is 49.4 Å². The van der Waals surface area contributed by atoms with Crippen LogP contribution < -0.4 is 10.1 Å². The maximum absolute atomic E-state index is 12.3. The maximum atomic E-state index is 12.3. The third-order valence-corrected chi connectivity index (χ3v) is 4.21. The van der Waals surface area contributed by atoms with Crippen molar-refractivity contribution in [2.24, 2.45) is 0 Å². The third kappa shape index (κ3) is 5.10. The average molecular weight is 326 g/mol. The largest absolute Gasteiger partial charge is 0.497 e. The summed E-state index contributed by atoms with van der Waals surface area (Å²) in [4.78, 5) is 14.4. The van der Waals surface area contributed by atoms with Crippen LogP contribution in [-0.4, -0.2) is 31.0 Å². The van der Waals surface area contributed by atoms with Crippen molar-refractivity contribution in [3.05, 3.63) is 65.7 Å². The van der Waals surface area contributed by atoms with Gasteiger partial charge in [-0.3, -0.25) is 9.69 Å². The number of nitrogens with zero attached hydrogens (tertiary/aromatic N) is 1. The number of amides is 1. The van der Waals surface area contributed by atoms with Crippen LogP contribution in [0.3, 0.4) is 0 Å². The van der Waals surface area contributed by atoms with E-state index in [1.165, 1.54) is 0 Å². The van der Waals surface area contributed by atoms with Crippen LogP contribution in [0.4, 0.5) is 0 Å². The van der Waals surface area contributed by atoms with E-state index < -0.39 is 0 Å². The van der Waals surface area contributed by atoms with Crippen LogP contribution in [-0.2, 0) is 11.3 Å². The van der Waals surface area contributed by atoms with Gasteiger partial charge in [0.25, 0.3) is 0 Å². The van der Waals surface area contributed by atoms with Gasteiger partial charge in [-0.2, -0.15) is 0 Å². The number of hydrogen-bond donors (Lipinski definition) is 1. The number of nitrogens with one attached hydrogen (secondary N) is 1. The number of ether oxygens (including phenoxy) is 1. The predicted octanol–water partition coefficient (Wildman–Crippen LogP) is 3.39. The molecule has 0 bridgehead atoms. The van der Waals surface area contributed by atoms with Crippen molar-refractivity contribution >= 4 is 5.91 Å². The number of rotatable bonds is 8. The Morgan fingerprint density at radius 3 is 2.58 bits per heavy atom. The number of methoxy groups -OCH3 is 1. The SMILES string of the molecule is CCN(CC(=O)NCc1ccccc1)C(C)c1cccc(OC)c1. The van der Waals surface area contributed by atoms with Crippen molar-refractivity contribution in [3.8, 4) is 5.75 Å². The van der Waals surface area contributed by atoms with E-state index in [0.29, 0.717) is 13.1 Å². The molecule has 1 unspecified atom stereocenters. The van der Waals surface area contributed by atoms with Crippen molar-refractivity contribution in [2.45, 2.75) is 26.4 Å². The topological polar surface area (TPSA) is 41.6 Å². The molecular weight excluding hydrogens is 300 g/mol. The number of carbonyl (C=O) groups is 1. The molecule has 1 N–H and O–H groups in total. The number of hydrogen-bond acceptors (Lipinski definition) is 3. The van der Waals surface area contributed by atoms with Gasteiger partial charge < -0.3 is 10.1 Å². The Labute approximate surface area is 144 Å². The fraction of sp³-hybridized carbons (Fsp3) is 0.350. The lowest BCUT2D eigenvalue weighted by Crippen LogP contribution is -2.38. The van der Waals surface area contributed by atoms with E-state index in [1.54, 1.807) is 7.11 Å². The van der Waals surface area contributed by atoms with Crippen LogP contribution in [0.15, 0.2) is 54.6 Å². The minimum absolute atomic E-state index is 0.0375. The van der Waals surface area contributed by atoms with Gasteiger partial charge in [-0.15, -0.1) is 0 Å². The monoisotopic (exact) mass is 326 g/mol. The van der Waals surface area contributed by atoms with Crippen LogP contribution in [0, 0.1) is 0 Å². The fourth-order valence-corrected chi connectivity index (χ4v) is 2.67. The minimum atomic E-state index is 0.0375. The Morgan fingerprint density at radius 1 is 1.17 bits per heavy atom. The average Bonchev–Trinajstić information content (AvgIpc) is 2.64. The van der Waals surface area contributed by atoms with Crippen molar-refractivity contribution in [1.29, 1.82) is 0 Å². The molecular formula is C20H26N2O2. The zero-order valence-electron chi connectivity index (χ0n) is 14.7. The molecule has 0 saturated carbocycles. The second-order valence-electron chi connectivity index (χ2n) is 5.78. The van der Waals surface area contributed by atoms with Gasteiger partial charge in [-0.25, -0.2) is 0 Å². The van der Waals surface area contributed by atoms with Gasteiger partial charge in [0.15, 0.2) is 0 Å². The highest BCUT2D eigenvalue weighted by atomic mass is 16.5. The van der Waals surface area contributed by atoms with E-state index in [-0.39, 0.29) is 11.9 Å². The summed E-state index contributed by atoms with van der Waals surface area (Å²) < 4.78 is 5.29. The smallest absolute Gasteiger partial charge is 0.234 e. The first kappa shape index (κ1) is 18.0. The number of likely N-dealkylation sites (N-methyl/N-ethyl adjacent to an activating group) is 1. The second-order valence-corrected chi connectivity index (χ2v) is 5.78. The lowest BCUT2D eigenvalue weighted by Gasteiger charge is -2.27. The van der Waals surface area contributed by atoms with Crippen LogP contribution >= 0.6 is 0 Å². The molecule has 4 nitrogen and oxygen atoms in total. The first-order valence-electron chi connectivity index (χ1n) is 8.32. The van der Waals surface area contributed by atoms with Crippen LogP contribution in [0.25, 0.3) is 0 Å². The lowest BCUT2D eigenvalue weighted by atomic mass is 10.1. The van der Waals surface area contributed by atoms with Crippen LogP contribution in [0.1, 0.15) is 31.0 Å². The summed E-state index contributed by atoms with van der Waals surface area (Å²) in [6, 6.07) is 18.1. The zero-order chi connectivity index (χ0) is 17.4. The molecule has 128 valence electrons. The Balaban J connectivity index is 1.93. The summed E-state index contributed by atoms with van der Waals surface area (Å²) in [5.41, 5.74) is 2.25. The first-order valence-corrected chi connectivity index (χ1v) is 8.32. The lowest BCUT2D eigenvalue weighted by molar-refractivity contribution is -0.122. The molecule has 1 atom stereocenters.